The van der Waals surface area contributed by atoms with Crippen LogP contribution in [0.25, 0.3) is 0 Å². The number of anilines is 1. The first-order valence-electron chi connectivity index (χ1n) is 3.03. The fourth-order valence-electron chi connectivity index (χ4n) is 0.824. The lowest BCUT2D eigenvalue weighted by atomic mass is 9.93. The van der Waals surface area contributed by atoms with Gasteiger partial charge < -0.3 is 5.73 Å². The highest BCUT2D eigenvalue weighted by molar-refractivity contribution is 6.45. The summed E-state index contributed by atoms with van der Waals surface area (Å²) in [6, 6.07) is 1.31. The summed E-state index contributed by atoms with van der Waals surface area (Å²) in [5.74, 6) is -0.496. The highest BCUT2D eigenvalue weighted by Crippen LogP contribution is 2.19. The molecule has 1 aromatic rings. The van der Waals surface area contributed by atoms with Crippen molar-refractivity contribution in [3.05, 3.63) is 22.5 Å². The third-order valence-corrected chi connectivity index (χ3v) is 1.98. The minimum absolute atomic E-state index is 0.0319. The molecule has 0 heterocycles. The lowest BCUT2D eigenvalue weighted by molar-refractivity contribution is 0.624. The molecule has 0 aromatic heterocycles. The largest absolute Gasteiger partial charge is 0.396 e. The predicted molar refractivity (Wildman–Crippen MR) is 45.9 cm³/mol. The monoisotopic (exact) mass is 169 g/mol. The van der Waals surface area contributed by atoms with E-state index in [4.69, 9.17) is 25.2 Å². The smallest absolute Gasteiger partial charge is 0.150 e. The third kappa shape index (κ3) is 1.33. The first kappa shape index (κ1) is 8.40. The van der Waals surface area contributed by atoms with Crippen LogP contribution in [0.3, 0.4) is 0 Å². The molecule has 1 rings (SSSR count). The molecule has 0 aliphatic carbocycles. The predicted octanol–water partition coefficient (Wildman–Crippen LogP) is 1.16. The van der Waals surface area contributed by atoms with E-state index in [1.165, 1.54) is 13.0 Å². The molecule has 0 bridgehead atoms. The Labute approximate surface area is 70.8 Å². The highest BCUT2D eigenvalue weighted by Gasteiger charge is 2.07. The van der Waals surface area contributed by atoms with Crippen molar-refractivity contribution in [2.75, 3.05) is 5.73 Å². The van der Waals surface area contributed by atoms with Crippen molar-refractivity contribution >= 4 is 30.6 Å². The van der Waals surface area contributed by atoms with Gasteiger partial charge in [-0.3, -0.25) is 0 Å². The van der Waals surface area contributed by atoms with E-state index in [1.807, 2.05) is 0 Å². The average Bonchev–Trinajstić information content (AvgIpc) is 1.97. The van der Waals surface area contributed by atoms with Gasteiger partial charge in [-0.15, -0.1) is 0 Å². The molecule has 2 radical (unpaired) electrons. The number of hydrogen-bond acceptors (Lipinski definition) is 1. The van der Waals surface area contributed by atoms with Gasteiger partial charge in [-0.25, -0.2) is 4.39 Å². The molecule has 0 saturated heterocycles. The summed E-state index contributed by atoms with van der Waals surface area (Å²) in [4.78, 5) is 0. The van der Waals surface area contributed by atoms with Crippen LogP contribution in [0, 0.1) is 12.7 Å². The van der Waals surface area contributed by atoms with E-state index in [-0.39, 0.29) is 10.7 Å². The van der Waals surface area contributed by atoms with E-state index in [0.717, 1.165) is 0 Å². The van der Waals surface area contributed by atoms with Crippen molar-refractivity contribution in [3.8, 4) is 0 Å². The summed E-state index contributed by atoms with van der Waals surface area (Å²) in [5.41, 5.74) is 5.91. The van der Waals surface area contributed by atoms with Gasteiger partial charge in [0.25, 0.3) is 0 Å². The quantitative estimate of drug-likeness (QED) is 0.458. The molecule has 4 heteroatoms. The molecule has 0 aliphatic rings. The molecule has 0 fully saturated rings. The van der Waals surface area contributed by atoms with Gasteiger partial charge in [-0.2, -0.15) is 0 Å². The van der Waals surface area contributed by atoms with Crippen LogP contribution < -0.4 is 11.2 Å². The maximum atomic E-state index is 12.9. The Kier molecular flexibility index (Phi) is 2.09. The Balaban J connectivity index is 3.46. The summed E-state index contributed by atoms with van der Waals surface area (Å²) >= 11 is 5.63. The molecule has 0 spiro atoms. The topological polar surface area (TPSA) is 26.0 Å². The first-order chi connectivity index (χ1) is 5.04. The summed E-state index contributed by atoms with van der Waals surface area (Å²) in [6.45, 7) is 1.53. The van der Waals surface area contributed by atoms with Crippen molar-refractivity contribution in [3.63, 3.8) is 0 Å². The van der Waals surface area contributed by atoms with Gasteiger partial charge >= 0.3 is 0 Å². The van der Waals surface area contributed by atoms with Crippen LogP contribution in [-0.4, -0.2) is 7.85 Å². The third-order valence-electron chi connectivity index (χ3n) is 1.48. The van der Waals surface area contributed by atoms with Crippen LogP contribution in [0.1, 0.15) is 5.56 Å². The second-order valence-corrected chi connectivity index (χ2v) is 2.69. The normalized spacial score (nSPS) is 10.1. The molecule has 0 unspecified atom stereocenters. The van der Waals surface area contributed by atoms with E-state index in [9.17, 15) is 4.39 Å². The number of halogens is 2. The number of hydrogen-bond donors (Lipinski definition) is 1. The molecule has 0 aliphatic heterocycles. The van der Waals surface area contributed by atoms with Crippen molar-refractivity contribution in [2.45, 2.75) is 6.92 Å². The van der Waals surface area contributed by atoms with Gasteiger partial charge in [0.1, 0.15) is 13.7 Å². The van der Waals surface area contributed by atoms with E-state index in [2.05, 4.69) is 0 Å². The molecule has 2 N–H and O–H groups in total. The van der Waals surface area contributed by atoms with Crippen LogP contribution in [0.5, 0.6) is 0 Å². The Morgan fingerprint density at radius 2 is 2.18 bits per heavy atom. The van der Waals surface area contributed by atoms with E-state index < -0.39 is 5.82 Å². The van der Waals surface area contributed by atoms with Gasteiger partial charge in [0.2, 0.25) is 0 Å². The maximum absolute atomic E-state index is 12.9. The summed E-state index contributed by atoms with van der Waals surface area (Å²) in [7, 11) is 5.41. The van der Waals surface area contributed by atoms with E-state index in [0.29, 0.717) is 11.0 Å². The van der Waals surface area contributed by atoms with E-state index in [1.54, 1.807) is 0 Å². The molecule has 1 aromatic carbocycles. The van der Waals surface area contributed by atoms with Crippen LogP contribution in [0.15, 0.2) is 6.07 Å². The Bertz CT molecular complexity index is 275. The van der Waals surface area contributed by atoms with Gasteiger partial charge in [0, 0.05) is 10.6 Å². The molecular formula is C7H6BClFN. The number of benzene rings is 1. The maximum Gasteiger partial charge on any atom is 0.150 e. The Hall–Kier alpha value is -0.695. The molecular weight excluding hydrogens is 163 g/mol. The molecule has 1 nitrogen and oxygen atoms in total. The summed E-state index contributed by atoms with van der Waals surface area (Å²) < 4.78 is 12.9. The molecule has 0 amide bonds. The number of rotatable bonds is 0. The zero-order chi connectivity index (χ0) is 8.59. The van der Waals surface area contributed by atoms with Gasteiger partial charge in [-0.1, -0.05) is 17.1 Å². The molecule has 56 valence electrons. The van der Waals surface area contributed by atoms with Crippen molar-refractivity contribution in [1.82, 2.24) is 0 Å². The standard InChI is InChI=1S/C7H6BClFN/c1-3-6(9)4(8)2-5(11)7(3)10/h2H,11H2,1H3. The van der Waals surface area contributed by atoms with Crippen LogP contribution in [0.2, 0.25) is 5.02 Å². The zero-order valence-corrected chi connectivity index (χ0v) is 6.74. The van der Waals surface area contributed by atoms with Crippen LogP contribution in [-0.2, 0) is 0 Å². The molecule has 11 heavy (non-hydrogen) atoms. The molecule has 0 saturated carbocycles. The number of nitrogen functional groups attached to an aromatic ring is 1. The zero-order valence-electron chi connectivity index (χ0n) is 5.99. The second kappa shape index (κ2) is 2.74. The Morgan fingerprint density at radius 3 is 2.73 bits per heavy atom. The minimum Gasteiger partial charge on any atom is -0.396 e. The summed E-state index contributed by atoms with van der Waals surface area (Å²) in [6.07, 6.45) is 0. The molecule has 0 atom stereocenters. The average molecular weight is 169 g/mol. The highest BCUT2D eigenvalue weighted by atomic mass is 35.5. The van der Waals surface area contributed by atoms with Crippen LogP contribution >= 0.6 is 11.6 Å². The first-order valence-corrected chi connectivity index (χ1v) is 3.41. The Morgan fingerprint density at radius 1 is 1.64 bits per heavy atom. The fourth-order valence-corrected chi connectivity index (χ4v) is 0.961. The SMILES string of the molecule is [B]c1cc(N)c(F)c(C)c1Cl. The van der Waals surface area contributed by atoms with Gasteiger partial charge in [0.05, 0.1) is 5.69 Å². The fraction of sp³-hybridized carbons (Fsp3) is 0.143. The summed E-state index contributed by atoms with van der Waals surface area (Å²) in [5, 5.41) is 0.233. The lowest BCUT2D eigenvalue weighted by Crippen LogP contribution is -2.09. The van der Waals surface area contributed by atoms with Crippen molar-refractivity contribution < 1.29 is 4.39 Å². The van der Waals surface area contributed by atoms with Crippen molar-refractivity contribution in [2.24, 2.45) is 0 Å². The van der Waals surface area contributed by atoms with Gasteiger partial charge in [0.15, 0.2) is 0 Å². The van der Waals surface area contributed by atoms with Crippen molar-refractivity contribution in [1.29, 1.82) is 0 Å². The second-order valence-electron chi connectivity index (χ2n) is 2.31. The van der Waals surface area contributed by atoms with E-state index >= 15 is 0 Å². The minimum atomic E-state index is -0.496. The number of nitrogens with two attached hydrogens (primary N) is 1. The lowest BCUT2D eigenvalue weighted by Gasteiger charge is -2.06. The van der Waals surface area contributed by atoms with Gasteiger partial charge in [-0.05, 0) is 13.0 Å². The van der Waals surface area contributed by atoms with Crippen LogP contribution in [0.4, 0.5) is 10.1 Å².